The van der Waals surface area contributed by atoms with Crippen molar-refractivity contribution in [3.05, 3.63) is 108 Å². The van der Waals surface area contributed by atoms with E-state index in [0.29, 0.717) is 12.1 Å². The Morgan fingerprint density at radius 1 is 0.871 bits per heavy atom. The maximum Gasteiger partial charge on any atom is 0.398 e. The summed E-state index contributed by atoms with van der Waals surface area (Å²) in [6.45, 7) is 3.63. The summed E-state index contributed by atoms with van der Waals surface area (Å²) < 4.78 is 5.19. The van der Waals surface area contributed by atoms with Gasteiger partial charge in [0, 0.05) is 5.69 Å². The van der Waals surface area contributed by atoms with Gasteiger partial charge in [0.15, 0.2) is 0 Å². The van der Waals surface area contributed by atoms with Gasteiger partial charge in [-0.3, -0.25) is 9.69 Å². The number of ether oxygens (including phenoxy) is 1. The van der Waals surface area contributed by atoms with Gasteiger partial charge in [-0.25, -0.2) is 9.59 Å². The zero-order valence-electron chi connectivity index (χ0n) is 16.7. The number of nitrogens with zero attached hydrogens (tertiary/aromatic N) is 1. The van der Waals surface area contributed by atoms with Crippen molar-refractivity contribution in [2.24, 2.45) is 0 Å². The van der Waals surface area contributed by atoms with Crippen LogP contribution in [0.2, 0.25) is 0 Å². The van der Waals surface area contributed by atoms with E-state index in [0.717, 1.165) is 16.0 Å². The van der Waals surface area contributed by atoms with Crippen LogP contribution in [-0.2, 0) is 27.4 Å². The molecule has 0 aliphatic rings. The molecule has 0 bridgehead atoms. The number of rotatable bonds is 7. The fourth-order valence-electron chi connectivity index (χ4n) is 3.04. The van der Waals surface area contributed by atoms with Crippen LogP contribution in [0.5, 0.6) is 0 Å². The second-order valence-electron chi connectivity index (χ2n) is 6.68. The maximum atomic E-state index is 13.1. The first kappa shape index (κ1) is 21.5. The van der Waals surface area contributed by atoms with Crippen molar-refractivity contribution in [1.82, 2.24) is 0 Å². The molecule has 0 atom stereocenters. The van der Waals surface area contributed by atoms with Crippen molar-refractivity contribution in [3.8, 4) is 0 Å². The number of amides is 1. The van der Waals surface area contributed by atoms with Crippen LogP contribution >= 0.6 is 0 Å². The van der Waals surface area contributed by atoms with Gasteiger partial charge in [-0.1, -0.05) is 60.7 Å². The molecule has 156 valence electrons. The zero-order valence-corrected chi connectivity index (χ0v) is 16.7. The first-order valence-corrected chi connectivity index (χ1v) is 9.58. The van der Waals surface area contributed by atoms with E-state index in [1.54, 1.807) is 66.7 Å². The molecule has 1 amide bonds. The van der Waals surface area contributed by atoms with Crippen molar-refractivity contribution < 1.29 is 24.2 Å². The van der Waals surface area contributed by atoms with Gasteiger partial charge in [-0.15, -0.1) is 6.58 Å². The number of anilines is 2. The third kappa shape index (κ3) is 5.25. The quantitative estimate of drug-likeness (QED) is 0.348. The Morgan fingerprint density at radius 3 is 2.16 bits per heavy atom. The summed E-state index contributed by atoms with van der Waals surface area (Å²) in [5.41, 5.74) is 2.01. The molecule has 0 spiro atoms. The molecular formula is C25H21NO5. The van der Waals surface area contributed by atoms with Crippen molar-refractivity contribution in [2.45, 2.75) is 13.0 Å². The first-order chi connectivity index (χ1) is 15.0. The van der Waals surface area contributed by atoms with E-state index >= 15 is 0 Å². The first-order valence-electron chi connectivity index (χ1n) is 9.58. The van der Waals surface area contributed by atoms with Crippen molar-refractivity contribution in [1.29, 1.82) is 0 Å². The minimum absolute atomic E-state index is 0.0713. The molecule has 0 aliphatic heterocycles. The molecule has 6 heteroatoms. The lowest BCUT2D eigenvalue weighted by atomic mass is 10.1. The van der Waals surface area contributed by atoms with E-state index < -0.39 is 17.8 Å². The molecule has 0 heterocycles. The Bertz CT molecular complexity index is 1090. The average Bonchev–Trinajstić information content (AvgIpc) is 2.80. The maximum absolute atomic E-state index is 13.1. The lowest BCUT2D eigenvalue weighted by molar-refractivity contribution is -0.154. The van der Waals surface area contributed by atoms with E-state index in [1.807, 2.05) is 6.07 Å². The average molecular weight is 415 g/mol. The third-order valence-corrected chi connectivity index (χ3v) is 4.54. The van der Waals surface area contributed by atoms with Crippen molar-refractivity contribution >= 4 is 29.2 Å². The van der Waals surface area contributed by atoms with Crippen LogP contribution in [-0.4, -0.2) is 23.0 Å². The van der Waals surface area contributed by atoms with E-state index in [-0.39, 0.29) is 17.9 Å². The van der Waals surface area contributed by atoms with Crippen LogP contribution in [0.3, 0.4) is 0 Å². The summed E-state index contributed by atoms with van der Waals surface area (Å²) in [6, 6.07) is 21.9. The number of aromatic carboxylic acids is 1. The molecule has 0 fully saturated rings. The number of hydrogen-bond donors (Lipinski definition) is 1. The number of esters is 1. The van der Waals surface area contributed by atoms with Gasteiger partial charge in [0.2, 0.25) is 0 Å². The Kier molecular flexibility index (Phi) is 6.96. The molecule has 1 N–H and O–H groups in total. The molecule has 3 aromatic rings. The molecule has 0 radical (unpaired) electrons. The highest BCUT2D eigenvalue weighted by Gasteiger charge is 2.29. The minimum Gasteiger partial charge on any atom is -0.478 e. The Hall–Kier alpha value is -4.19. The summed E-state index contributed by atoms with van der Waals surface area (Å²) in [4.78, 5) is 38.5. The van der Waals surface area contributed by atoms with Gasteiger partial charge >= 0.3 is 17.8 Å². The number of carboxylic acids is 1. The van der Waals surface area contributed by atoms with Crippen LogP contribution in [0.25, 0.3) is 0 Å². The Balaban J connectivity index is 1.95. The second kappa shape index (κ2) is 10.0. The monoisotopic (exact) mass is 415 g/mol. The summed E-state index contributed by atoms with van der Waals surface area (Å²) in [6.07, 6.45) is 2.39. The van der Waals surface area contributed by atoms with Gasteiger partial charge in [-0.05, 0) is 41.8 Å². The number of allylic oxidation sites excluding steroid dienone is 1. The summed E-state index contributed by atoms with van der Waals surface area (Å²) in [5.74, 6) is -3.28. The molecule has 0 aliphatic carbocycles. The lowest BCUT2D eigenvalue weighted by Gasteiger charge is -2.23. The molecule has 3 aromatic carbocycles. The van der Waals surface area contributed by atoms with Crippen LogP contribution in [0, 0.1) is 0 Å². The largest absolute Gasteiger partial charge is 0.478 e. The predicted molar refractivity (Wildman–Crippen MR) is 117 cm³/mol. The van der Waals surface area contributed by atoms with Crippen molar-refractivity contribution in [3.63, 3.8) is 0 Å². The number of carbonyl (C=O) groups excluding carboxylic acids is 2. The van der Waals surface area contributed by atoms with E-state index in [9.17, 15) is 19.5 Å². The number of benzene rings is 3. The number of para-hydroxylation sites is 1. The van der Waals surface area contributed by atoms with Gasteiger partial charge in [0.05, 0.1) is 11.3 Å². The smallest absolute Gasteiger partial charge is 0.398 e. The molecule has 6 nitrogen and oxygen atoms in total. The molecule has 0 aromatic heterocycles. The normalized spacial score (nSPS) is 10.2. The number of carboxylic acid groups (broad SMARTS) is 1. The molecular weight excluding hydrogens is 394 g/mol. The van der Waals surface area contributed by atoms with Gasteiger partial charge < -0.3 is 9.84 Å². The molecule has 0 saturated carbocycles. The number of carbonyl (C=O) groups is 3. The third-order valence-electron chi connectivity index (χ3n) is 4.54. The van der Waals surface area contributed by atoms with Gasteiger partial charge in [0.25, 0.3) is 0 Å². The fourth-order valence-corrected chi connectivity index (χ4v) is 3.04. The molecule has 0 saturated heterocycles. The lowest BCUT2D eigenvalue weighted by Crippen LogP contribution is -2.35. The Morgan fingerprint density at radius 2 is 1.52 bits per heavy atom. The minimum atomic E-state index is -1.21. The molecule has 31 heavy (non-hydrogen) atoms. The van der Waals surface area contributed by atoms with E-state index in [1.165, 1.54) is 12.1 Å². The highest BCUT2D eigenvalue weighted by molar-refractivity contribution is 6.40. The van der Waals surface area contributed by atoms with Crippen LogP contribution < -0.4 is 4.90 Å². The Labute approximate surface area is 180 Å². The zero-order chi connectivity index (χ0) is 22.2. The van der Waals surface area contributed by atoms with Crippen LogP contribution in [0.4, 0.5) is 11.4 Å². The van der Waals surface area contributed by atoms with E-state index in [2.05, 4.69) is 6.58 Å². The van der Waals surface area contributed by atoms with Crippen molar-refractivity contribution in [2.75, 3.05) is 4.90 Å². The standard InChI is InChI=1S/C25H21NO5/c1-2-8-18-13-15-20(16-14-18)26(22-12-7-6-11-21(22)24(28)29)23(27)25(30)31-17-19-9-4-3-5-10-19/h2-7,9-16H,1,8,17H2,(H,28,29). The number of hydrogen-bond acceptors (Lipinski definition) is 4. The highest BCUT2D eigenvalue weighted by Crippen LogP contribution is 2.30. The van der Waals surface area contributed by atoms with Crippen LogP contribution in [0.1, 0.15) is 21.5 Å². The predicted octanol–water partition coefficient (Wildman–Crippen LogP) is 4.52. The van der Waals surface area contributed by atoms with Gasteiger partial charge in [-0.2, -0.15) is 0 Å². The van der Waals surface area contributed by atoms with Gasteiger partial charge in [0.1, 0.15) is 6.61 Å². The molecule has 3 rings (SSSR count). The topological polar surface area (TPSA) is 83.9 Å². The molecule has 0 unspecified atom stereocenters. The summed E-state index contributed by atoms with van der Waals surface area (Å²) in [7, 11) is 0. The second-order valence-corrected chi connectivity index (χ2v) is 6.68. The van der Waals surface area contributed by atoms with Crippen LogP contribution in [0.15, 0.2) is 91.5 Å². The highest BCUT2D eigenvalue weighted by atomic mass is 16.5. The summed E-state index contributed by atoms with van der Waals surface area (Å²) in [5, 5.41) is 9.58. The fraction of sp³-hybridized carbons (Fsp3) is 0.0800. The van der Waals surface area contributed by atoms with E-state index in [4.69, 9.17) is 4.74 Å². The SMILES string of the molecule is C=CCc1ccc(N(C(=O)C(=O)OCc2ccccc2)c2ccccc2C(=O)O)cc1. The summed E-state index contributed by atoms with van der Waals surface area (Å²) >= 11 is 0.